The molecule has 0 N–H and O–H groups in total. The zero-order chi connectivity index (χ0) is 12.4. The predicted molar refractivity (Wildman–Crippen MR) is 68.9 cm³/mol. The summed E-state index contributed by atoms with van der Waals surface area (Å²) in [6.45, 7) is 3.30. The molecule has 1 amide bonds. The molecule has 94 valence electrons. The van der Waals surface area contributed by atoms with Gasteiger partial charge in [0.2, 0.25) is 0 Å². The lowest BCUT2D eigenvalue weighted by Gasteiger charge is -2.28. The van der Waals surface area contributed by atoms with Crippen LogP contribution in [0.5, 0.6) is 0 Å². The number of morpholine rings is 1. The van der Waals surface area contributed by atoms with E-state index in [4.69, 9.17) is 4.74 Å². The zero-order valence-corrected chi connectivity index (χ0v) is 10.3. The molecule has 0 saturated carbocycles. The third-order valence-corrected chi connectivity index (χ3v) is 3.42. The molecule has 4 nitrogen and oxygen atoms in total. The number of aliphatic imine (C=N–C) groups is 1. The quantitative estimate of drug-likeness (QED) is 0.736. The lowest BCUT2D eigenvalue weighted by molar-refractivity contribution is -0.127. The molecule has 3 rings (SSSR count). The van der Waals surface area contributed by atoms with Crippen molar-refractivity contribution in [2.75, 3.05) is 32.8 Å². The minimum Gasteiger partial charge on any atom is -0.378 e. The Morgan fingerprint density at radius 3 is 2.83 bits per heavy atom. The van der Waals surface area contributed by atoms with Gasteiger partial charge in [-0.1, -0.05) is 24.3 Å². The summed E-state index contributed by atoms with van der Waals surface area (Å²) in [7, 11) is 0. The number of ether oxygens (including phenoxy) is 1. The Bertz CT molecular complexity index is 490. The molecular weight excluding hydrogens is 228 g/mol. The molecule has 1 saturated heterocycles. The fourth-order valence-corrected chi connectivity index (χ4v) is 2.44. The van der Waals surface area contributed by atoms with E-state index in [1.165, 1.54) is 5.56 Å². The molecule has 4 heteroatoms. The summed E-state index contributed by atoms with van der Waals surface area (Å²) in [6, 6.07) is 8.05. The number of fused-ring (bicyclic) bond motifs is 1. The number of benzene rings is 1. The van der Waals surface area contributed by atoms with Gasteiger partial charge in [0, 0.05) is 25.2 Å². The summed E-state index contributed by atoms with van der Waals surface area (Å²) >= 11 is 0. The molecule has 0 unspecified atom stereocenters. The highest BCUT2D eigenvalue weighted by Crippen LogP contribution is 2.17. The second kappa shape index (κ2) is 4.90. The summed E-state index contributed by atoms with van der Waals surface area (Å²) in [4.78, 5) is 18.7. The molecule has 0 bridgehead atoms. The smallest absolute Gasteiger partial charge is 0.272 e. The molecule has 0 atom stereocenters. The topological polar surface area (TPSA) is 41.9 Å². The van der Waals surface area contributed by atoms with E-state index < -0.39 is 0 Å². The Kier molecular flexibility index (Phi) is 3.11. The van der Waals surface area contributed by atoms with Crippen molar-refractivity contribution in [3.8, 4) is 0 Å². The molecule has 0 aliphatic carbocycles. The number of amides is 1. The Hall–Kier alpha value is -1.68. The minimum atomic E-state index is 0.0467. The summed E-state index contributed by atoms with van der Waals surface area (Å²) in [5.74, 6) is 0.0467. The lowest BCUT2D eigenvalue weighted by atomic mass is 9.97. The Labute approximate surface area is 106 Å². The molecule has 1 fully saturated rings. The van der Waals surface area contributed by atoms with E-state index in [1.807, 2.05) is 23.1 Å². The summed E-state index contributed by atoms with van der Waals surface area (Å²) < 4.78 is 5.27. The predicted octanol–water partition coefficient (Wildman–Crippen LogP) is 0.891. The van der Waals surface area contributed by atoms with E-state index in [-0.39, 0.29) is 5.91 Å². The highest BCUT2D eigenvalue weighted by atomic mass is 16.5. The van der Waals surface area contributed by atoms with Crippen molar-refractivity contribution in [1.82, 2.24) is 4.90 Å². The highest BCUT2D eigenvalue weighted by molar-refractivity contribution is 6.45. The Morgan fingerprint density at radius 2 is 2.00 bits per heavy atom. The monoisotopic (exact) mass is 244 g/mol. The normalized spacial score (nSPS) is 19.1. The summed E-state index contributed by atoms with van der Waals surface area (Å²) in [5, 5.41) is 0. The van der Waals surface area contributed by atoms with Crippen LogP contribution >= 0.6 is 0 Å². The van der Waals surface area contributed by atoms with Crippen molar-refractivity contribution in [2.24, 2.45) is 4.99 Å². The molecule has 0 aromatic heterocycles. The summed E-state index contributed by atoms with van der Waals surface area (Å²) in [6.07, 6.45) is 0.927. The van der Waals surface area contributed by atoms with Crippen LogP contribution in [0.2, 0.25) is 0 Å². The zero-order valence-electron chi connectivity index (χ0n) is 10.3. The van der Waals surface area contributed by atoms with Crippen LogP contribution in [0.3, 0.4) is 0 Å². The van der Waals surface area contributed by atoms with Gasteiger partial charge < -0.3 is 9.64 Å². The van der Waals surface area contributed by atoms with Crippen LogP contribution in [0.25, 0.3) is 0 Å². The van der Waals surface area contributed by atoms with Crippen LogP contribution in [-0.4, -0.2) is 49.4 Å². The first-order valence-corrected chi connectivity index (χ1v) is 6.36. The van der Waals surface area contributed by atoms with Crippen LogP contribution in [-0.2, 0) is 16.0 Å². The van der Waals surface area contributed by atoms with Crippen LogP contribution in [0.1, 0.15) is 11.1 Å². The second-order valence-corrected chi connectivity index (χ2v) is 4.54. The second-order valence-electron chi connectivity index (χ2n) is 4.54. The van der Waals surface area contributed by atoms with E-state index >= 15 is 0 Å². The van der Waals surface area contributed by atoms with Crippen molar-refractivity contribution < 1.29 is 9.53 Å². The van der Waals surface area contributed by atoms with Crippen molar-refractivity contribution in [3.05, 3.63) is 35.4 Å². The van der Waals surface area contributed by atoms with E-state index in [0.29, 0.717) is 38.6 Å². The third kappa shape index (κ3) is 2.04. The maximum Gasteiger partial charge on any atom is 0.272 e. The molecule has 2 aliphatic heterocycles. The van der Waals surface area contributed by atoms with Gasteiger partial charge >= 0.3 is 0 Å². The number of rotatable bonds is 1. The summed E-state index contributed by atoms with van der Waals surface area (Å²) in [5.41, 5.74) is 2.85. The SMILES string of the molecule is O=C(C1=NCCc2ccccc21)N1CCOCC1. The molecule has 0 radical (unpaired) electrons. The van der Waals surface area contributed by atoms with E-state index in [9.17, 15) is 4.79 Å². The van der Waals surface area contributed by atoms with Gasteiger partial charge in [-0.2, -0.15) is 0 Å². The average Bonchev–Trinajstić information content (AvgIpc) is 2.47. The fourth-order valence-electron chi connectivity index (χ4n) is 2.44. The van der Waals surface area contributed by atoms with Gasteiger partial charge in [0.25, 0.3) is 5.91 Å². The van der Waals surface area contributed by atoms with Crippen LogP contribution < -0.4 is 0 Å². The number of carbonyl (C=O) groups excluding carboxylic acids is 1. The maximum absolute atomic E-state index is 12.5. The van der Waals surface area contributed by atoms with Gasteiger partial charge in [-0.25, -0.2) is 0 Å². The maximum atomic E-state index is 12.5. The number of hydrogen-bond donors (Lipinski definition) is 0. The van der Waals surface area contributed by atoms with E-state index in [1.54, 1.807) is 0 Å². The third-order valence-electron chi connectivity index (χ3n) is 3.42. The first-order valence-electron chi connectivity index (χ1n) is 6.36. The van der Waals surface area contributed by atoms with Gasteiger partial charge in [0.1, 0.15) is 5.71 Å². The first kappa shape index (κ1) is 11.4. The molecule has 1 aromatic rings. The van der Waals surface area contributed by atoms with Crippen LogP contribution in [0.4, 0.5) is 0 Å². The standard InChI is InChI=1S/C14H16N2O2/c17-14(16-7-9-18-10-8-16)13-12-4-2-1-3-11(12)5-6-15-13/h1-4H,5-10H2. The Balaban J connectivity index is 1.87. The lowest BCUT2D eigenvalue weighted by Crippen LogP contribution is -2.45. The van der Waals surface area contributed by atoms with Gasteiger partial charge in [-0.05, 0) is 12.0 Å². The fraction of sp³-hybridized carbons (Fsp3) is 0.429. The highest BCUT2D eigenvalue weighted by Gasteiger charge is 2.25. The van der Waals surface area contributed by atoms with E-state index in [2.05, 4.69) is 11.1 Å². The van der Waals surface area contributed by atoms with Crippen molar-refractivity contribution >= 4 is 11.6 Å². The van der Waals surface area contributed by atoms with Gasteiger partial charge in [0.05, 0.1) is 13.2 Å². The van der Waals surface area contributed by atoms with E-state index in [0.717, 1.165) is 12.0 Å². The van der Waals surface area contributed by atoms with Gasteiger partial charge in [-0.15, -0.1) is 0 Å². The van der Waals surface area contributed by atoms with Crippen LogP contribution in [0, 0.1) is 0 Å². The van der Waals surface area contributed by atoms with Crippen molar-refractivity contribution in [1.29, 1.82) is 0 Å². The first-order chi connectivity index (χ1) is 8.86. The molecule has 2 aliphatic rings. The van der Waals surface area contributed by atoms with Gasteiger partial charge in [0.15, 0.2) is 0 Å². The van der Waals surface area contributed by atoms with Crippen LogP contribution in [0.15, 0.2) is 29.3 Å². The Morgan fingerprint density at radius 1 is 1.22 bits per heavy atom. The minimum absolute atomic E-state index is 0.0467. The van der Waals surface area contributed by atoms with Crippen molar-refractivity contribution in [2.45, 2.75) is 6.42 Å². The largest absolute Gasteiger partial charge is 0.378 e. The number of hydrogen-bond acceptors (Lipinski definition) is 3. The van der Waals surface area contributed by atoms with Gasteiger partial charge in [-0.3, -0.25) is 9.79 Å². The molecule has 18 heavy (non-hydrogen) atoms. The molecular formula is C14H16N2O2. The number of carbonyl (C=O) groups is 1. The molecule has 1 aromatic carbocycles. The molecule has 2 heterocycles. The van der Waals surface area contributed by atoms with Crippen molar-refractivity contribution in [3.63, 3.8) is 0 Å². The molecule has 0 spiro atoms. The number of nitrogens with zero attached hydrogens (tertiary/aromatic N) is 2. The average molecular weight is 244 g/mol.